The van der Waals surface area contributed by atoms with E-state index in [9.17, 15) is 19.5 Å². The van der Waals surface area contributed by atoms with E-state index < -0.39 is 30.0 Å². The van der Waals surface area contributed by atoms with Crippen molar-refractivity contribution in [3.8, 4) is 0 Å². The van der Waals surface area contributed by atoms with Crippen molar-refractivity contribution >= 4 is 35.2 Å². The first-order valence-electron chi connectivity index (χ1n) is 8.25. The molecule has 2 aromatic rings. The van der Waals surface area contributed by atoms with E-state index in [0.29, 0.717) is 10.7 Å². The topological polar surface area (TPSA) is 108 Å². The lowest BCUT2D eigenvalue weighted by Crippen LogP contribution is -2.51. The zero-order chi connectivity index (χ0) is 19.8. The summed E-state index contributed by atoms with van der Waals surface area (Å²) in [5.74, 6) is -1.75. The van der Waals surface area contributed by atoms with Crippen molar-refractivity contribution in [2.75, 3.05) is 5.32 Å². The number of benzene rings is 2. The molecule has 0 aliphatic heterocycles. The van der Waals surface area contributed by atoms with Crippen LogP contribution in [0.25, 0.3) is 0 Å². The normalized spacial score (nSPS) is 12.5. The Kier molecular flexibility index (Phi) is 7.19. The van der Waals surface area contributed by atoms with Crippen molar-refractivity contribution < 1.29 is 19.5 Å². The predicted octanol–water partition coefficient (Wildman–Crippen LogP) is 2.66. The zero-order valence-corrected chi connectivity index (χ0v) is 15.4. The third-order valence-corrected chi connectivity index (χ3v) is 3.96. The number of hydrogen-bond acceptors (Lipinski definition) is 3. The molecular weight excluding hydrogens is 370 g/mol. The molecule has 0 unspecified atom stereocenters. The van der Waals surface area contributed by atoms with Crippen LogP contribution in [0, 0.1) is 0 Å². The zero-order valence-electron chi connectivity index (χ0n) is 14.6. The molecule has 0 aromatic heterocycles. The molecule has 0 radical (unpaired) electrons. The molecule has 0 aliphatic rings. The summed E-state index contributed by atoms with van der Waals surface area (Å²) in [4.78, 5) is 35.7. The SMILES string of the molecule is C[C@H](NC(=O)Nc1cccc(Cl)c1)C(=O)N[C@@H](Cc1ccccc1)C(=O)O. The van der Waals surface area contributed by atoms with Gasteiger partial charge in [-0.3, -0.25) is 4.79 Å². The van der Waals surface area contributed by atoms with Crippen molar-refractivity contribution in [3.05, 3.63) is 65.2 Å². The molecule has 142 valence electrons. The Hall–Kier alpha value is -3.06. The average molecular weight is 390 g/mol. The minimum atomic E-state index is -1.15. The Morgan fingerprint density at radius 1 is 1.04 bits per heavy atom. The van der Waals surface area contributed by atoms with Crippen LogP contribution in [-0.4, -0.2) is 35.1 Å². The van der Waals surface area contributed by atoms with Crippen molar-refractivity contribution in [2.24, 2.45) is 0 Å². The number of carbonyl (C=O) groups excluding carboxylic acids is 2. The van der Waals surface area contributed by atoms with Crippen molar-refractivity contribution in [3.63, 3.8) is 0 Å². The molecule has 0 aliphatic carbocycles. The molecule has 0 spiro atoms. The molecule has 2 aromatic carbocycles. The maximum atomic E-state index is 12.3. The van der Waals surface area contributed by atoms with Gasteiger partial charge in [-0.1, -0.05) is 48.0 Å². The van der Waals surface area contributed by atoms with E-state index in [1.807, 2.05) is 6.07 Å². The summed E-state index contributed by atoms with van der Waals surface area (Å²) < 4.78 is 0. The molecule has 2 rings (SSSR count). The maximum absolute atomic E-state index is 12.3. The van der Waals surface area contributed by atoms with Crippen LogP contribution in [-0.2, 0) is 16.0 Å². The predicted molar refractivity (Wildman–Crippen MR) is 103 cm³/mol. The van der Waals surface area contributed by atoms with Gasteiger partial charge in [0.15, 0.2) is 0 Å². The van der Waals surface area contributed by atoms with Crippen LogP contribution in [0.5, 0.6) is 0 Å². The first-order valence-corrected chi connectivity index (χ1v) is 8.63. The van der Waals surface area contributed by atoms with E-state index in [1.54, 1.807) is 48.5 Å². The van der Waals surface area contributed by atoms with Crippen molar-refractivity contribution in [1.29, 1.82) is 0 Å². The second-order valence-electron chi connectivity index (χ2n) is 5.92. The molecule has 0 saturated heterocycles. The minimum absolute atomic E-state index is 0.142. The van der Waals surface area contributed by atoms with Crippen LogP contribution in [0.3, 0.4) is 0 Å². The third kappa shape index (κ3) is 6.63. The minimum Gasteiger partial charge on any atom is -0.480 e. The van der Waals surface area contributed by atoms with Crippen LogP contribution in [0.1, 0.15) is 12.5 Å². The monoisotopic (exact) mass is 389 g/mol. The van der Waals surface area contributed by atoms with E-state index in [1.165, 1.54) is 6.92 Å². The van der Waals surface area contributed by atoms with Gasteiger partial charge in [0, 0.05) is 17.1 Å². The number of halogens is 1. The largest absolute Gasteiger partial charge is 0.480 e. The van der Waals surface area contributed by atoms with Crippen molar-refractivity contribution in [2.45, 2.75) is 25.4 Å². The number of carboxylic acid groups (broad SMARTS) is 1. The number of anilines is 1. The van der Waals surface area contributed by atoms with Gasteiger partial charge in [0.25, 0.3) is 0 Å². The van der Waals surface area contributed by atoms with Gasteiger partial charge in [-0.25, -0.2) is 9.59 Å². The van der Waals surface area contributed by atoms with Crippen LogP contribution in [0.2, 0.25) is 5.02 Å². The summed E-state index contributed by atoms with van der Waals surface area (Å²) in [5.41, 5.74) is 1.25. The second-order valence-corrected chi connectivity index (χ2v) is 6.36. The van der Waals surface area contributed by atoms with E-state index in [-0.39, 0.29) is 6.42 Å². The first-order chi connectivity index (χ1) is 12.8. The number of nitrogens with one attached hydrogen (secondary N) is 3. The second kappa shape index (κ2) is 9.59. The fourth-order valence-corrected chi connectivity index (χ4v) is 2.53. The van der Waals surface area contributed by atoms with Gasteiger partial charge < -0.3 is 21.1 Å². The number of aliphatic carboxylic acids is 1. The summed E-state index contributed by atoms with van der Waals surface area (Å²) in [5, 5.41) is 17.3. The number of hydrogen-bond donors (Lipinski definition) is 4. The lowest BCUT2D eigenvalue weighted by Gasteiger charge is -2.19. The van der Waals surface area contributed by atoms with E-state index >= 15 is 0 Å². The Morgan fingerprint density at radius 3 is 2.37 bits per heavy atom. The summed E-state index contributed by atoms with van der Waals surface area (Å²) >= 11 is 5.85. The van der Waals surface area contributed by atoms with Crippen molar-refractivity contribution in [1.82, 2.24) is 10.6 Å². The van der Waals surface area contributed by atoms with Gasteiger partial charge in [-0.05, 0) is 30.7 Å². The summed E-state index contributed by atoms with van der Waals surface area (Å²) in [7, 11) is 0. The van der Waals surface area contributed by atoms with Gasteiger partial charge in [0.05, 0.1) is 0 Å². The van der Waals surface area contributed by atoms with Crippen LogP contribution in [0.4, 0.5) is 10.5 Å². The highest BCUT2D eigenvalue weighted by Gasteiger charge is 2.24. The molecular formula is C19H20ClN3O4. The molecule has 0 heterocycles. The lowest BCUT2D eigenvalue weighted by atomic mass is 10.1. The van der Waals surface area contributed by atoms with Gasteiger partial charge >= 0.3 is 12.0 Å². The molecule has 7 nitrogen and oxygen atoms in total. The molecule has 0 bridgehead atoms. The summed E-state index contributed by atoms with van der Waals surface area (Å²) in [6, 6.07) is 12.9. The summed E-state index contributed by atoms with van der Waals surface area (Å²) in [6.07, 6.45) is 0.142. The number of rotatable bonds is 7. The fourth-order valence-electron chi connectivity index (χ4n) is 2.34. The van der Waals surface area contributed by atoms with E-state index in [2.05, 4.69) is 16.0 Å². The third-order valence-electron chi connectivity index (χ3n) is 3.72. The Morgan fingerprint density at radius 2 is 1.74 bits per heavy atom. The average Bonchev–Trinajstić information content (AvgIpc) is 2.61. The number of amides is 3. The van der Waals surface area contributed by atoms with Gasteiger partial charge in [-0.15, -0.1) is 0 Å². The fraction of sp³-hybridized carbons (Fsp3) is 0.211. The highest BCUT2D eigenvalue weighted by atomic mass is 35.5. The maximum Gasteiger partial charge on any atom is 0.326 e. The molecule has 8 heteroatoms. The first kappa shape index (κ1) is 20.3. The smallest absolute Gasteiger partial charge is 0.326 e. The standard InChI is InChI=1S/C19H20ClN3O4/c1-12(21-19(27)22-15-9-5-8-14(20)11-15)17(24)23-16(18(25)26)10-13-6-3-2-4-7-13/h2-9,11-12,16H,10H2,1H3,(H,23,24)(H,25,26)(H2,21,22,27)/t12-,16-/m0/s1. The number of carboxylic acids is 1. The molecule has 3 amide bonds. The van der Waals surface area contributed by atoms with Crippen LogP contribution in [0.15, 0.2) is 54.6 Å². The van der Waals surface area contributed by atoms with Gasteiger partial charge in [0.2, 0.25) is 5.91 Å². The molecule has 0 saturated carbocycles. The van der Waals surface area contributed by atoms with E-state index in [4.69, 9.17) is 11.6 Å². The lowest BCUT2D eigenvalue weighted by molar-refractivity contribution is -0.142. The van der Waals surface area contributed by atoms with Crippen LogP contribution >= 0.6 is 11.6 Å². The van der Waals surface area contributed by atoms with E-state index in [0.717, 1.165) is 5.56 Å². The Bertz CT molecular complexity index is 814. The number of urea groups is 1. The molecule has 4 N–H and O–H groups in total. The number of carbonyl (C=O) groups is 3. The van der Waals surface area contributed by atoms with Gasteiger partial charge in [-0.2, -0.15) is 0 Å². The molecule has 27 heavy (non-hydrogen) atoms. The highest BCUT2D eigenvalue weighted by Crippen LogP contribution is 2.14. The quantitative estimate of drug-likeness (QED) is 0.583. The highest BCUT2D eigenvalue weighted by molar-refractivity contribution is 6.30. The molecule has 0 fully saturated rings. The Labute approximate surface area is 161 Å². The summed E-state index contributed by atoms with van der Waals surface area (Å²) in [6.45, 7) is 1.47. The Balaban J connectivity index is 1.90. The van der Waals surface area contributed by atoms with Crippen LogP contribution < -0.4 is 16.0 Å². The van der Waals surface area contributed by atoms with Gasteiger partial charge in [0.1, 0.15) is 12.1 Å². The molecule has 2 atom stereocenters.